The van der Waals surface area contributed by atoms with Crippen molar-refractivity contribution in [3.8, 4) is 0 Å². The van der Waals surface area contributed by atoms with Gasteiger partial charge in [0, 0.05) is 12.7 Å². The second-order valence-corrected chi connectivity index (χ2v) is 9.47. The Morgan fingerprint density at radius 2 is 1.05 bits per heavy atom. The highest BCUT2D eigenvalue weighted by atomic mass is 32.2. The summed E-state index contributed by atoms with van der Waals surface area (Å²) in [5, 5.41) is 0.259. The highest BCUT2D eigenvalue weighted by Crippen LogP contribution is 2.14. The maximum Gasteiger partial charge on any atom is 0.185 e. The molecule has 0 saturated carbocycles. The average Bonchev–Trinajstić information content (AvgIpc) is 2.50. The van der Waals surface area contributed by atoms with Crippen molar-refractivity contribution in [1.82, 2.24) is 0 Å². The number of unbranched alkanes of at least 4 members (excludes halogenated alkanes) is 7. The zero-order chi connectivity index (χ0) is 16.3. The van der Waals surface area contributed by atoms with E-state index in [1.54, 1.807) is 6.92 Å². The zero-order valence-electron chi connectivity index (χ0n) is 14.7. The molecule has 0 atom stereocenters. The van der Waals surface area contributed by atoms with Crippen LogP contribution in [0.3, 0.4) is 0 Å². The van der Waals surface area contributed by atoms with Gasteiger partial charge in [-0.1, -0.05) is 50.8 Å². The van der Waals surface area contributed by atoms with E-state index in [0.29, 0.717) is 0 Å². The van der Waals surface area contributed by atoms with Crippen molar-refractivity contribution >= 4 is 40.4 Å². The Labute approximate surface area is 151 Å². The Morgan fingerprint density at radius 1 is 0.636 bits per heavy atom. The molecule has 22 heavy (non-hydrogen) atoms. The van der Waals surface area contributed by atoms with Gasteiger partial charge in [0.05, 0.1) is 0 Å². The first-order chi connectivity index (χ1) is 10.8. The highest BCUT2D eigenvalue weighted by Gasteiger charge is 1.96. The van der Waals surface area contributed by atoms with Crippen LogP contribution in [0.2, 0.25) is 0 Å². The summed E-state index contributed by atoms with van der Waals surface area (Å²) in [7, 11) is 0. The molecular formula is C18H36OS3. The standard InChI is InChI=1S/C18H36OS3/c1-3-4-13-20-14-9-5-6-10-15-21-16-11-7-8-12-17-22-18(2)19/h3-17H2,1-2H3. The maximum atomic E-state index is 10.8. The van der Waals surface area contributed by atoms with Gasteiger partial charge in [-0.3, -0.25) is 4.79 Å². The van der Waals surface area contributed by atoms with Gasteiger partial charge in [0.25, 0.3) is 0 Å². The SMILES string of the molecule is CCCCSCCCCCCSCCCCCCSC(C)=O. The summed E-state index contributed by atoms with van der Waals surface area (Å²) < 4.78 is 0. The fraction of sp³-hybridized carbons (Fsp3) is 0.944. The minimum absolute atomic E-state index is 0.259. The molecule has 0 aliphatic heterocycles. The van der Waals surface area contributed by atoms with Crippen LogP contribution < -0.4 is 0 Å². The van der Waals surface area contributed by atoms with Crippen molar-refractivity contribution in [2.75, 3.05) is 28.8 Å². The van der Waals surface area contributed by atoms with Gasteiger partial charge in [0.2, 0.25) is 0 Å². The summed E-state index contributed by atoms with van der Waals surface area (Å²) in [5.41, 5.74) is 0. The largest absolute Gasteiger partial charge is 0.288 e. The van der Waals surface area contributed by atoms with Crippen LogP contribution in [0.25, 0.3) is 0 Å². The molecule has 0 aromatic carbocycles. The molecule has 0 N–H and O–H groups in total. The normalized spacial score (nSPS) is 11.0. The summed E-state index contributed by atoms with van der Waals surface area (Å²) >= 11 is 5.74. The van der Waals surface area contributed by atoms with Crippen molar-refractivity contribution in [3.63, 3.8) is 0 Å². The molecule has 1 nitrogen and oxygen atoms in total. The molecule has 0 fully saturated rings. The Hall–Kier alpha value is 0.720. The van der Waals surface area contributed by atoms with Gasteiger partial charge in [0.1, 0.15) is 0 Å². The van der Waals surface area contributed by atoms with Crippen molar-refractivity contribution < 1.29 is 4.79 Å². The second kappa shape index (κ2) is 19.8. The Balaban J connectivity index is 2.95. The van der Waals surface area contributed by atoms with Crippen molar-refractivity contribution in [3.05, 3.63) is 0 Å². The topological polar surface area (TPSA) is 17.1 Å². The molecule has 0 heterocycles. The van der Waals surface area contributed by atoms with Crippen LogP contribution in [0.1, 0.15) is 78.1 Å². The fourth-order valence-electron chi connectivity index (χ4n) is 2.09. The Kier molecular flexibility index (Phi) is 20.4. The lowest BCUT2D eigenvalue weighted by Gasteiger charge is -2.03. The summed E-state index contributed by atoms with van der Waals surface area (Å²) in [5.74, 6) is 6.42. The lowest BCUT2D eigenvalue weighted by molar-refractivity contribution is -0.109. The fourth-order valence-corrected chi connectivity index (χ4v) is 4.85. The van der Waals surface area contributed by atoms with Gasteiger partial charge in [-0.25, -0.2) is 0 Å². The molecule has 0 aromatic rings. The third-order valence-electron chi connectivity index (χ3n) is 3.46. The van der Waals surface area contributed by atoms with E-state index >= 15 is 0 Å². The van der Waals surface area contributed by atoms with Gasteiger partial charge in [-0.15, -0.1) is 0 Å². The number of hydrogen-bond donors (Lipinski definition) is 0. The molecule has 0 saturated heterocycles. The van der Waals surface area contributed by atoms with Gasteiger partial charge in [0.15, 0.2) is 5.12 Å². The molecule has 0 bridgehead atoms. The molecule has 0 aromatic heterocycles. The van der Waals surface area contributed by atoms with Crippen LogP contribution in [0.5, 0.6) is 0 Å². The first-order valence-corrected chi connectivity index (χ1v) is 12.4. The lowest BCUT2D eigenvalue weighted by atomic mass is 10.2. The summed E-state index contributed by atoms with van der Waals surface area (Å²) in [6.07, 6.45) is 13.6. The van der Waals surface area contributed by atoms with Gasteiger partial charge in [-0.2, -0.15) is 23.5 Å². The van der Waals surface area contributed by atoms with Gasteiger partial charge in [-0.05, 0) is 55.1 Å². The predicted octanol–water partition coefficient (Wildman–Crippen LogP) is 6.65. The van der Waals surface area contributed by atoms with E-state index in [9.17, 15) is 4.79 Å². The molecule has 0 spiro atoms. The van der Waals surface area contributed by atoms with Crippen LogP contribution in [-0.2, 0) is 4.79 Å². The molecule has 0 aliphatic rings. The van der Waals surface area contributed by atoms with E-state index in [1.165, 1.54) is 99.0 Å². The monoisotopic (exact) mass is 364 g/mol. The van der Waals surface area contributed by atoms with Crippen LogP contribution in [-0.4, -0.2) is 33.9 Å². The van der Waals surface area contributed by atoms with Crippen LogP contribution in [0.15, 0.2) is 0 Å². The first kappa shape index (κ1) is 22.7. The highest BCUT2D eigenvalue weighted by molar-refractivity contribution is 8.13. The van der Waals surface area contributed by atoms with E-state index in [2.05, 4.69) is 30.4 Å². The predicted molar refractivity (Wildman–Crippen MR) is 110 cm³/mol. The van der Waals surface area contributed by atoms with Gasteiger partial charge < -0.3 is 0 Å². The molecule has 0 unspecified atom stereocenters. The van der Waals surface area contributed by atoms with E-state index in [-0.39, 0.29) is 5.12 Å². The van der Waals surface area contributed by atoms with Crippen LogP contribution in [0, 0.1) is 0 Å². The smallest absolute Gasteiger partial charge is 0.185 e. The van der Waals surface area contributed by atoms with E-state index in [4.69, 9.17) is 0 Å². The summed E-state index contributed by atoms with van der Waals surface area (Å²) in [4.78, 5) is 10.8. The van der Waals surface area contributed by atoms with E-state index < -0.39 is 0 Å². The number of carbonyl (C=O) groups is 1. The number of carbonyl (C=O) groups excluding carboxylic acids is 1. The Bertz CT molecular complexity index is 234. The maximum absolute atomic E-state index is 10.8. The first-order valence-electron chi connectivity index (χ1n) is 9.06. The third-order valence-corrected chi connectivity index (χ3v) is 6.67. The van der Waals surface area contributed by atoms with Crippen molar-refractivity contribution in [2.45, 2.75) is 78.1 Å². The molecule has 132 valence electrons. The molecule has 4 heteroatoms. The van der Waals surface area contributed by atoms with E-state index in [0.717, 1.165) is 5.75 Å². The Morgan fingerprint density at radius 3 is 1.45 bits per heavy atom. The molecule has 0 radical (unpaired) electrons. The molecule has 0 amide bonds. The van der Waals surface area contributed by atoms with Crippen molar-refractivity contribution in [1.29, 1.82) is 0 Å². The lowest BCUT2D eigenvalue weighted by Crippen LogP contribution is -1.89. The van der Waals surface area contributed by atoms with Crippen LogP contribution >= 0.6 is 35.3 Å². The summed E-state index contributed by atoms with van der Waals surface area (Å²) in [6.45, 7) is 3.93. The number of hydrogen-bond acceptors (Lipinski definition) is 4. The van der Waals surface area contributed by atoms with Crippen LogP contribution in [0.4, 0.5) is 0 Å². The third kappa shape index (κ3) is 20.7. The minimum atomic E-state index is 0.259. The zero-order valence-corrected chi connectivity index (χ0v) is 17.2. The summed E-state index contributed by atoms with van der Waals surface area (Å²) in [6, 6.07) is 0. The molecule has 0 rings (SSSR count). The minimum Gasteiger partial charge on any atom is -0.288 e. The quantitative estimate of drug-likeness (QED) is 0.268. The molecular weight excluding hydrogens is 328 g/mol. The number of rotatable bonds is 17. The second-order valence-electron chi connectivity index (χ2n) is 5.75. The van der Waals surface area contributed by atoms with E-state index in [1.807, 2.05) is 0 Å². The number of thioether (sulfide) groups is 3. The average molecular weight is 365 g/mol. The molecule has 0 aliphatic carbocycles. The van der Waals surface area contributed by atoms with Crippen molar-refractivity contribution in [2.24, 2.45) is 0 Å². The van der Waals surface area contributed by atoms with Gasteiger partial charge >= 0.3 is 0 Å².